The molecule has 1 saturated heterocycles. The summed E-state index contributed by atoms with van der Waals surface area (Å²) in [4.78, 5) is 30.4. The topological polar surface area (TPSA) is 118 Å². The number of hydrogen-bond acceptors (Lipinski definition) is 7. The van der Waals surface area contributed by atoms with Crippen molar-refractivity contribution in [3.63, 3.8) is 0 Å². The van der Waals surface area contributed by atoms with E-state index in [2.05, 4.69) is 20.5 Å². The van der Waals surface area contributed by atoms with Gasteiger partial charge in [0.2, 0.25) is 5.91 Å². The van der Waals surface area contributed by atoms with E-state index in [9.17, 15) is 18.0 Å². The third-order valence-electron chi connectivity index (χ3n) is 4.82. The van der Waals surface area contributed by atoms with E-state index in [1.165, 1.54) is 31.3 Å². The monoisotopic (exact) mass is 446 g/mol. The van der Waals surface area contributed by atoms with Crippen molar-refractivity contribution in [1.82, 2.24) is 10.3 Å². The highest BCUT2D eigenvalue weighted by Gasteiger charge is 2.23. The molecule has 2 atom stereocenters. The van der Waals surface area contributed by atoms with Crippen LogP contribution in [0.1, 0.15) is 24.2 Å². The summed E-state index contributed by atoms with van der Waals surface area (Å²) in [6.07, 6.45) is 1.82. The number of sulfone groups is 1. The second-order valence-electron chi connectivity index (χ2n) is 7.48. The minimum Gasteiger partial charge on any atom is -0.372 e. The Morgan fingerprint density at radius 1 is 1.10 bits per heavy atom. The molecular weight excluding hydrogens is 420 g/mol. The number of benzene rings is 1. The second kappa shape index (κ2) is 9.44. The van der Waals surface area contributed by atoms with Crippen molar-refractivity contribution in [2.24, 2.45) is 0 Å². The number of morpholine rings is 1. The van der Waals surface area contributed by atoms with Gasteiger partial charge in [0.15, 0.2) is 9.84 Å². The van der Waals surface area contributed by atoms with Crippen LogP contribution in [0.25, 0.3) is 0 Å². The summed E-state index contributed by atoms with van der Waals surface area (Å²) in [6, 6.07) is 9.06. The molecule has 1 aromatic carbocycles. The molecule has 0 saturated carbocycles. The number of carbonyl (C=O) groups is 2. The second-order valence-corrected chi connectivity index (χ2v) is 9.47. The number of pyridine rings is 1. The highest BCUT2D eigenvalue weighted by Crippen LogP contribution is 2.20. The average molecular weight is 447 g/mol. The van der Waals surface area contributed by atoms with Gasteiger partial charge in [-0.25, -0.2) is 13.4 Å². The molecule has 31 heavy (non-hydrogen) atoms. The molecule has 166 valence electrons. The minimum atomic E-state index is -3.76. The Labute approximate surface area is 181 Å². The SMILES string of the molecule is CNC(=O)CS(=O)(=O)c1ccc(C(=O)Nc2ccc(N3CC(C)OC(C)C3)nc2)cc1. The number of ether oxygens (including phenoxy) is 1. The van der Waals surface area contributed by atoms with E-state index in [4.69, 9.17) is 4.74 Å². The molecule has 2 amide bonds. The van der Waals surface area contributed by atoms with Gasteiger partial charge >= 0.3 is 0 Å². The van der Waals surface area contributed by atoms with Gasteiger partial charge in [0.1, 0.15) is 11.6 Å². The maximum Gasteiger partial charge on any atom is 0.255 e. The number of anilines is 2. The molecule has 0 spiro atoms. The highest BCUT2D eigenvalue weighted by molar-refractivity contribution is 7.92. The van der Waals surface area contributed by atoms with Crippen molar-refractivity contribution in [3.8, 4) is 0 Å². The number of nitrogens with one attached hydrogen (secondary N) is 2. The lowest BCUT2D eigenvalue weighted by molar-refractivity contribution is -0.118. The molecule has 10 heteroatoms. The molecule has 3 rings (SSSR count). The number of aromatic nitrogens is 1. The third kappa shape index (κ3) is 5.80. The van der Waals surface area contributed by atoms with Crippen LogP contribution in [0.15, 0.2) is 47.5 Å². The molecular formula is C21H26N4O5S. The third-order valence-corrected chi connectivity index (χ3v) is 6.46. The summed E-state index contributed by atoms with van der Waals surface area (Å²) in [5, 5.41) is 5.03. The smallest absolute Gasteiger partial charge is 0.255 e. The average Bonchev–Trinajstić information content (AvgIpc) is 2.73. The fraction of sp³-hybridized carbons (Fsp3) is 0.381. The summed E-state index contributed by atoms with van der Waals surface area (Å²) in [5.41, 5.74) is 0.818. The van der Waals surface area contributed by atoms with Crippen molar-refractivity contribution in [2.75, 3.05) is 36.1 Å². The Morgan fingerprint density at radius 3 is 2.29 bits per heavy atom. The highest BCUT2D eigenvalue weighted by atomic mass is 32.2. The molecule has 2 heterocycles. The van der Waals surface area contributed by atoms with Crippen molar-refractivity contribution >= 4 is 33.2 Å². The lowest BCUT2D eigenvalue weighted by atomic mass is 10.2. The number of nitrogens with zero attached hydrogens (tertiary/aromatic N) is 2. The van der Waals surface area contributed by atoms with E-state index in [-0.39, 0.29) is 17.1 Å². The number of hydrogen-bond donors (Lipinski definition) is 2. The maximum absolute atomic E-state index is 12.5. The first-order valence-electron chi connectivity index (χ1n) is 9.89. The molecule has 2 unspecified atom stereocenters. The molecule has 1 aliphatic rings. The summed E-state index contributed by atoms with van der Waals surface area (Å²) in [5.74, 6) is -0.823. The van der Waals surface area contributed by atoms with Crippen LogP contribution < -0.4 is 15.5 Å². The number of carbonyl (C=O) groups excluding carboxylic acids is 2. The molecule has 1 aromatic heterocycles. The Kier molecular flexibility index (Phi) is 6.91. The van der Waals surface area contributed by atoms with Crippen molar-refractivity contribution < 1.29 is 22.7 Å². The predicted molar refractivity (Wildman–Crippen MR) is 117 cm³/mol. The lowest BCUT2D eigenvalue weighted by Gasteiger charge is -2.36. The van der Waals surface area contributed by atoms with Gasteiger partial charge in [-0.1, -0.05) is 0 Å². The summed E-state index contributed by atoms with van der Waals surface area (Å²) >= 11 is 0. The lowest BCUT2D eigenvalue weighted by Crippen LogP contribution is -2.45. The maximum atomic E-state index is 12.5. The Balaban J connectivity index is 1.64. The predicted octanol–water partition coefficient (Wildman–Crippen LogP) is 1.47. The van der Waals surface area contributed by atoms with E-state index in [0.29, 0.717) is 11.3 Å². The van der Waals surface area contributed by atoms with Gasteiger partial charge in [-0.2, -0.15) is 0 Å². The van der Waals surface area contributed by atoms with E-state index in [0.717, 1.165) is 18.9 Å². The van der Waals surface area contributed by atoms with Gasteiger partial charge in [-0.15, -0.1) is 0 Å². The number of rotatable bonds is 6. The van der Waals surface area contributed by atoms with E-state index in [1.54, 1.807) is 12.3 Å². The van der Waals surface area contributed by atoms with E-state index in [1.807, 2.05) is 19.9 Å². The van der Waals surface area contributed by atoms with Crippen LogP contribution in [0.3, 0.4) is 0 Å². The summed E-state index contributed by atoms with van der Waals surface area (Å²) < 4.78 is 30.1. The first-order chi connectivity index (χ1) is 14.7. The summed E-state index contributed by atoms with van der Waals surface area (Å²) in [7, 11) is -2.39. The fourth-order valence-corrected chi connectivity index (χ4v) is 4.56. The summed E-state index contributed by atoms with van der Waals surface area (Å²) in [6.45, 7) is 5.54. The zero-order valence-electron chi connectivity index (χ0n) is 17.7. The first kappa shape index (κ1) is 22.7. The van der Waals surface area contributed by atoms with Crippen LogP contribution in [0, 0.1) is 0 Å². The van der Waals surface area contributed by atoms with Gasteiger partial charge in [0.05, 0.1) is 29.0 Å². The van der Waals surface area contributed by atoms with Gasteiger partial charge in [-0.05, 0) is 50.2 Å². The van der Waals surface area contributed by atoms with Gasteiger partial charge < -0.3 is 20.3 Å². The van der Waals surface area contributed by atoms with Crippen LogP contribution in [0.5, 0.6) is 0 Å². The zero-order chi connectivity index (χ0) is 22.6. The molecule has 2 N–H and O–H groups in total. The first-order valence-corrected chi connectivity index (χ1v) is 11.5. The largest absolute Gasteiger partial charge is 0.372 e. The van der Waals surface area contributed by atoms with Gasteiger partial charge in [-0.3, -0.25) is 9.59 Å². The molecule has 0 radical (unpaired) electrons. The standard InChI is InChI=1S/C21H26N4O5S/c1-14-11-25(12-15(2)30-14)19-9-6-17(10-23-19)24-21(27)16-4-7-18(8-5-16)31(28,29)13-20(26)22-3/h4-10,14-15H,11-13H2,1-3H3,(H,22,26)(H,24,27). The van der Waals surface area contributed by atoms with Crippen LogP contribution in [-0.4, -0.2) is 63.3 Å². The van der Waals surface area contributed by atoms with Crippen LogP contribution >= 0.6 is 0 Å². The molecule has 1 fully saturated rings. The number of amides is 2. The minimum absolute atomic E-state index is 0.0207. The van der Waals surface area contributed by atoms with Gasteiger partial charge in [0.25, 0.3) is 5.91 Å². The Bertz CT molecular complexity index is 1030. The van der Waals surface area contributed by atoms with E-state index >= 15 is 0 Å². The van der Waals surface area contributed by atoms with E-state index < -0.39 is 27.4 Å². The molecule has 1 aliphatic heterocycles. The van der Waals surface area contributed by atoms with Gasteiger partial charge in [0, 0.05) is 25.7 Å². The Hall–Kier alpha value is -2.98. The molecule has 2 aromatic rings. The van der Waals surface area contributed by atoms with Crippen molar-refractivity contribution in [1.29, 1.82) is 0 Å². The molecule has 9 nitrogen and oxygen atoms in total. The molecule has 0 bridgehead atoms. The van der Waals surface area contributed by atoms with Crippen LogP contribution in [0.4, 0.5) is 11.5 Å². The van der Waals surface area contributed by atoms with Crippen LogP contribution in [0.2, 0.25) is 0 Å². The van der Waals surface area contributed by atoms with Crippen LogP contribution in [-0.2, 0) is 19.4 Å². The zero-order valence-corrected chi connectivity index (χ0v) is 18.5. The molecule has 0 aliphatic carbocycles. The van der Waals surface area contributed by atoms with Crippen molar-refractivity contribution in [3.05, 3.63) is 48.2 Å². The van der Waals surface area contributed by atoms with Crippen molar-refractivity contribution in [2.45, 2.75) is 31.0 Å². The fourth-order valence-electron chi connectivity index (χ4n) is 3.36. The Morgan fingerprint density at radius 2 is 1.74 bits per heavy atom. The quantitative estimate of drug-likeness (QED) is 0.690. The normalized spacial score (nSPS) is 19.0.